The molecule has 1 aromatic heterocycles. The van der Waals surface area contributed by atoms with Crippen LogP contribution < -0.4 is 4.72 Å². The van der Waals surface area contributed by atoms with Crippen molar-refractivity contribution in [3.63, 3.8) is 0 Å². The summed E-state index contributed by atoms with van der Waals surface area (Å²) < 4.78 is 26.8. The summed E-state index contributed by atoms with van der Waals surface area (Å²) in [6.45, 7) is 5.84. The maximum atomic E-state index is 12.1. The van der Waals surface area contributed by atoms with Crippen molar-refractivity contribution in [3.8, 4) is 0 Å². The first-order valence-corrected chi connectivity index (χ1v) is 7.74. The smallest absolute Gasteiger partial charge is 0.352 e. The molecular weight excluding hydrogens is 268 g/mol. The lowest BCUT2D eigenvalue weighted by molar-refractivity contribution is 0.0691. The van der Waals surface area contributed by atoms with Crippen LogP contribution in [0.1, 0.15) is 44.1 Å². The summed E-state index contributed by atoms with van der Waals surface area (Å²) in [6.07, 6.45) is 2.95. The van der Waals surface area contributed by atoms with Crippen LogP contribution in [-0.4, -0.2) is 30.5 Å². The monoisotopic (exact) mass is 288 g/mol. The summed E-state index contributed by atoms with van der Waals surface area (Å²) in [5.41, 5.74) is -0.143. The maximum absolute atomic E-state index is 12.1. The van der Waals surface area contributed by atoms with Crippen molar-refractivity contribution in [2.75, 3.05) is 0 Å². The summed E-state index contributed by atoms with van der Waals surface area (Å²) in [7, 11) is -3.68. The van der Waals surface area contributed by atoms with E-state index < -0.39 is 16.0 Å². The number of H-pyrrole nitrogens is 1. The zero-order valence-electron chi connectivity index (χ0n) is 11.3. The molecule has 0 spiro atoms. The van der Waals surface area contributed by atoms with Gasteiger partial charge in [-0.2, -0.15) is 0 Å². The Hall–Kier alpha value is -1.34. The molecule has 0 aliphatic heterocycles. The molecular formula is C12H20N2O4S. The van der Waals surface area contributed by atoms with Crippen molar-refractivity contribution in [3.05, 3.63) is 18.0 Å². The zero-order chi connectivity index (χ0) is 14.6. The van der Waals surface area contributed by atoms with Crippen LogP contribution in [0, 0.1) is 5.92 Å². The van der Waals surface area contributed by atoms with E-state index in [0.717, 1.165) is 18.9 Å². The molecule has 1 heterocycles. The highest BCUT2D eigenvalue weighted by Gasteiger charge is 2.23. The molecule has 108 valence electrons. The highest BCUT2D eigenvalue weighted by atomic mass is 32.2. The maximum Gasteiger partial charge on any atom is 0.352 e. The van der Waals surface area contributed by atoms with Gasteiger partial charge in [0.15, 0.2) is 0 Å². The van der Waals surface area contributed by atoms with Gasteiger partial charge in [0.2, 0.25) is 10.0 Å². The third-order valence-electron chi connectivity index (χ3n) is 3.29. The van der Waals surface area contributed by atoms with E-state index in [-0.39, 0.29) is 22.5 Å². The first-order chi connectivity index (χ1) is 8.81. The number of nitrogens with one attached hydrogen (secondary N) is 2. The van der Waals surface area contributed by atoms with E-state index in [2.05, 4.69) is 9.71 Å². The molecule has 0 aromatic carbocycles. The second kappa shape index (κ2) is 6.21. The topological polar surface area (TPSA) is 99.3 Å². The van der Waals surface area contributed by atoms with Crippen LogP contribution in [0.5, 0.6) is 0 Å². The van der Waals surface area contributed by atoms with Crippen LogP contribution in [0.4, 0.5) is 0 Å². The largest absolute Gasteiger partial charge is 0.477 e. The van der Waals surface area contributed by atoms with Gasteiger partial charge >= 0.3 is 5.97 Å². The molecule has 0 bridgehead atoms. The Morgan fingerprint density at radius 1 is 1.42 bits per heavy atom. The number of aromatic amines is 1. The molecule has 1 unspecified atom stereocenters. The minimum atomic E-state index is -3.68. The quantitative estimate of drug-likeness (QED) is 0.712. The SMILES string of the molecule is CCC(CC)C(C)NS(=O)(=O)c1c[nH]c(C(=O)O)c1. The molecule has 0 aliphatic rings. The number of sulfonamides is 1. The molecule has 0 aliphatic carbocycles. The number of hydrogen-bond acceptors (Lipinski definition) is 3. The van der Waals surface area contributed by atoms with E-state index in [9.17, 15) is 13.2 Å². The third-order valence-corrected chi connectivity index (χ3v) is 4.83. The van der Waals surface area contributed by atoms with Gasteiger partial charge in [-0.3, -0.25) is 0 Å². The van der Waals surface area contributed by atoms with Gasteiger partial charge in [-0.15, -0.1) is 0 Å². The molecule has 7 heteroatoms. The lowest BCUT2D eigenvalue weighted by atomic mass is 9.96. The van der Waals surface area contributed by atoms with E-state index in [1.165, 1.54) is 6.20 Å². The summed E-state index contributed by atoms with van der Waals surface area (Å²) in [5, 5.41) is 8.76. The lowest BCUT2D eigenvalue weighted by Gasteiger charge is -2.21. The fraction of sp³-hybridized carbons (Fsp3) is 0.583. The fourth-order valence-corrected chi connectivity index (χ4v) is 3.36. The highest BCUT2D eigenvalue weighted by molar-refractivity contribution is 7.89. The van der Waals surface area contributed by atoms with Gasteiger partial charge in [-0.25, -0.2) is 17.9 Å². The van der Waals surface area contributed by atoms with Crippen LogP contribution in [-0.2, 0) is 10.0 Å². The number of aromatic carboxylic acids is 1. The van der Waals surface area contributed by atoms with E-state index >= 15 is 0 Å². The minimum absolute atomic E-state index is 0.0530. The molecule has 1 atom stereocenters. The van der Waals surface area contributed by atoms with Crippen molar-refractivity contribution in [1.29, 1.82) is 0 Å². The Morgan fingerprint density at radius 2 is 2.00 bits per heavy atom. The van der Waals surface area contributed by atoms with Crippen molar-refractivity contribution >= 4 is 16.0 Å². The van der Waals surface area contributed by atoms with E-state index in [1.807, 2.05) is 20.8 Å². The second-order valence-electron chi connectivity index (χ2n) is 4.54. The average molecular weight is 288 g/mol. The fourth-order valence-electron chi connectivity index (χ4n) is 2.06. The van der Waals surface area contributed by atoms with Crippen molar-refractivity contribution in [2.45, 2.75) is 44.6 Å². The zero-order valence-corrected chi connectivity index (χ0v) is 12.1. The van der Waals surface area contributed by atoms with Crippen LogP contribution in [0.3, 0.4) is 0 Å². The van der Waals surface area contributed by atoms with E-state index in [4.69, 9.17) is 5.11 Å². The Kier molecular flexibility index (Phi) is 5.13. The predicted octanol–water partition coefficient (Wildman–Crippen LogP) is 1.82. The van der Waals surface area contributed by atoms with Gasteiger partial charge < -0.3 is 10.1 Å². The normalized spacial score (nSPS) is 13.7. The molecule has 0 saturated heterocycles. The van der Waals surface area contributed by atoms with Crippen molar-refractivity contribution < 1.29 is 18.3 Å². The Morgan fingerprint density at radius 3 is 2.42 bits per heavy atom. The van der Waals surface area contributed by atoms with E-state index in [0.29, 0.717) is 0 Å². The molecule has 0 radical (unpaired) electrons. The van der Waals surface area contributed by atoms with Crippen LogP contribution in [0.2, 0.25) is 0 Å². The highest BCUT2D eigenvalue weighted by Crippen LogP contribution is 2.17. The molecule has 19 heavy (non-hydrogen) atoms. The van der Waals surface area contributed by atoms with Gasteiger partial charge in [0.1, 0.15) is 10.6 Å². The third kappa shape index (κ3) is 3.81. The standard InChI is InChI=1S/C12H20N2O4S/c1-4-9(5-2)8(3)14-19(17,18)10-6-11(12(15)16)13-7-10/h6-9,13-14H,4-5H2,1-3H3,(H,15,16). The molecule has 3 N–H and O–H groups in total. The number of aromatic nitrogens is 1. The van der Waals surface area contributed by atoms with Crippen LogP contribution >= 0.6 is 0 Å². The molecule has 0 amide bonds. The number of carboxylic acids is 1. The molecule has 0 fully saturated rings. The Labute approximate surface area is 113 Å². The number of hydrogen-bond donors (Lipinski definition) is 3. The first kappa shape index (κ1) is 15.7. The first-order valence-electron chi connectivity index (χ1n) is 6.25. The molecule has 6 nitrogen and oxygen atoms in total. The number of rotatable bonds is 7. The van der Waals surface area contributed by atoms with Crippen LogP contribution in [0.25, 0.3) is 0 Å². The summed E-state index contributed by atoms with van der Waals surface area (Å²) >= 11 is 0. The summed E-state index contributed by atoms with van der Waals surface area (Å²) in [4.78, 5) is 13.1. The molecule has 1 aromatic rings. The van der Waals surface area contributed by atoms with Crippen molar-refractivity contribution in [1.82, 2.24) is 9.71 Å². The van der Waals surface area contributed by atoms with Gasteiger partial charge in [0, 0.05) is 12.2 Å². The number of carbonyl (C=O) groups is 1. The summed E-state index contributed by atoms with van der Waals surface area (Å²) in [6, 6.07) is 0.924. The molecule has 1 rings (SSSR count). The lowest BCUT2D eigenvalue weighted by Crippen LogP contribution is -2.37. The van der Waals surface area contributed by atoms with Gasteiger partial charge in [-0.05, 0) is 18.9 Å². The second-order valence-corrected chi connectivity index (χ2v) is 6.25. The molecule has 0 saturated carbocycles. The predicted molar refractivity (Wildman–Crippen MR) is 71.6 cm³/mol. The Bertz CT molecular complexity index is 532. The van der Waals surface area contributed by atoms with Gasteiger partial charge in [-0.1, -0.05) is 26.7 Å². The van der Waals surface area contributed by atoms with Gasteiger partial charge in [0.05, 0.1) is 0 Å². The Balaban J connectivity index is 2.88. The van der Waals surface area contributed by atoms with Crippen LogP contribution in [0.15, 0.2) is 17.2 Å². The van der Waals surface area contributed by atoms with Gasteiger partial charge in [0.25, 0.3) is 0 Å². The summed E-state index contributed by atoms with van der Waals surface area (Å²) in [5.74, 6) is -0.929. The average Bonchev–Trinajstić information content (AvgIpc) is 2.79. The number of carboxylic acid groups (broad SMARTS) is 1. The van der Waals surface area contributed by atoms with Crippen molar-refractivity contribution in [2.24, 2.45) is 5.92 Å². The minimum Gasteiger partial charge on any atom is -0.477 e. The van der Waals surface area contributed by atoms with E-state index in [1.54, 1.807) is 0 Å².